The molecule has 0 N–H and O–H groups in total. The second-order valence-electron chi connectivity index (χ2n) is 7.62. The molecule has 0 unspecified atom stereocenters. The maximum atomic E-state index is 12.9. The summed E-state index contributed by atoms with van der Waals surface area (Å²) < 4.78 is 5.51. The molecule has 2 amide bonds. The Morgan fingerprint density at radius 3 is 2.33 bits per heavy atom. The minimum Gasteiger partial charge on any atom is -0.368 e. The number of anilines is 1. The number of amides is 2. The maximum Gasteiger partial charge on any atom is 0.251 e. The topological polar surface area (TPSA) is 66.0 Å². The van der Waals surface area contributed by atoms with E-state index in [-0.39, 0.29) is 23.8 Å². The fourth-order valence-corrected chi connectivity index (χ4v) is 4.31. The normalized spacial score (nSPS) is 24.3. The lowest BCUT2D eigenvalue weighted by Gasteiger charge is -2.39. The lowest BCUT2D eigenvalue weighted by molar-refractivity contribution is -0.146. The molecule has 4 heterocycles. The van der Waals surface area contributed by atoms with Crippen molar-refractivity contribution in [1.82, 2.24) is 14.8 Å². The second-order valence-corrected chi connectivity index (χ2v) is 7.62. The summed E-state index contributed by atoms with van der Waals surface area (Å²) in [5, 5.41) is 0. The van der Waals surface area contributed by atoms with Gasteiger partial charge in [0.05, 0.1) is 11.9 Å². The first-order valence-electron chi connectivity index (χ1n) is 10.1. The summed E-state index contributed by atoms with van der Waals surface area (Å²) in [6, 6.07) is 4.00. The van der Waals surface area contributed by atoms with Crippen LogP contribution in [0.5, 0.6) is 0 Å². The highest BCUT2D eigenvalue weighted by atomic mass is 16.5. The Hall–Kier alpha value is -2.15. The minimum absolute atomic E-state index is 0.0449. The summed E-state index contributed by atoms with van der Waals surface area (Å²) in [7, 11) is 0. The third-order valence-corrected chi connectivity index (χ3v) is 5.96. The van der Waals surface area contributed by atoms with Crippen LogP contribution in [0.25, 0.3) is 0 Å². The van der Waals surface area contributed by atoms with Crippen LogP contribution in [0.1, 0.15) is 25.7 Å². The van der Waals surface area contributed by atoms with E-state index in [0.717, 1.165) is 57.5 Å². The number of carbonyl (C=O) groups excluding carboxylic acids is 2. The molecule has 0 aromatic carbocycles. The second kappa shape index (κ2) is 8.25. The Labute approximate surface area is 160 Å². The highest BCUT2D eigenvalue weighted by Crippen LogP contribution is 2.24. The van der Waals surface area contributed by atoms with Gasteiger partial charge in [-0.3, -0.25) is 14.6 Å². The van der Waals surface area contributed by atoms with Crippen LogP contribution in [-0.2, 0) is 14.3 Å². The molecule has 1 aromatic rings. The van der Waals surface area contributed by atoms with Gasteiger partial charge in [0.1, 0.15) is 6.10 Å². The molecule has 3 fully saturated rings. The molecular formula is C20H28N4O3. The van der Waals surface area contributed by atoms with Gasteiger partial charge < -0.3 is 19.4 Å². The molecule has 7 nitrogen and oxygen atoms in total. The number of aromatic nitrogens is 1. The van der Waals surface area contributed by atoms with Crippen LogP contribution in [0, 0.1) is 5.92 Å². The van der Waals surface area contributed by atoms with Gasteiger partial charge in [0.15, 0.2) is 0 Å². The number of rotatable bonds is 3. The van der Waals surface area contributed by atoms with E-state index in [4.69, 9.17) is 4.74 Å². The van der Waals surface area contributed by atoms with Gasteiger partial charge in [-0.25, -0.2) is 0 Å². The lowest BCUT2D eigenvalue weighted by Crippen LogP contribution is -2.52. The Bertz CT molecular complexity index is 646. The number of hydrogen-bond donors (Lipinski definition) is 0. The number of ether oxygens (including phenoxy) is 1. The number of likely N-dealkylation sites (tertiary alicyclic amines) is 1. The molecule has 146 valence electrons. The molecule has 0 bridgehead atoms. The van der Waals surface area contributed by atoms with E-state index in [1.54, 1.807) is 6.20 Å². The maximum absolute atomic E-state index is 12.9. The molecule has 0 saturated carbocycles. The van der Waals surface area contributed by atoms with Crippen molar-refractivity contribution in [2.45, 2.75) is 31.8 Å². The van der Waals surface area contributed by atoms with Crippen molar-refractivity contribution >= 4 is 17.5 Å². The van der Waals surface area contributed by atoms with Gasteiger partial charge in [0, 0.05) is 58.0 Å². The van der Waals surface area contributed by atoms with Gasteiger partial charge in [-0.05, 0) is 37.8 Å². The van der Waals surface area contributed by atoms with E-state index < -0.39 is 0 Å². The van der Waals surface area contributed by atoms with Crippen LogP contribution in [-0.4, -0.2) is 78.6 Å². The number of piperazine rings is 1. The predicted octanol–water partition coefficient (Wildman–Crippen LogP) is 1.15. The third-order valence-electron chi connectivity index (χ3n) is 5.96. The van der Waals surface area contributed by atoms with E-state index in [0.29, 0.717) is 19.7 Å². The Morgan fingerprint density at radius 1 is 0.963 bits per heavy atom. The van der Waals surface area contributed by atoms with Gasteiger partial charge in [-0.1, -0.05) is 0 Å². The zero-order valence-electron chi connectivity index (χ0n) is 15.8. The average molecular weight is 372 g/mol. The zero-order valence-corrected chi connectivity index (χ0v) is 15.8. The first kappa shape index (κ1) is 18.2. The van der Waals surface area contributed by atoms with Gasteiger partial charge >= 0.3 is 0 Å². The molecular weight excluding hydrogens is 344 g/mol. The van der Waals surface area contributed by atoms with E-state index in [2.05, 4.69) is 16.0 Å². The summed E-state index contributed by atoms with van der Waals surface area (Å²) in [6.45, 7) is 5.22. The fraction of sp³-hybridized carbons (Fsp3) is 0.650. The van der Waals surface area contributed by atoms with Crippen molar-refractivity contribution in [1.29, 1.82) is 0 Å². The van der Waals surface area contributed by atoms with Gasteiger partial charge in [-0.15, -0.1) is 0 Å². The number of carbonyl (C=O) groups is 2. The monoisotopic (exact) mass is 372 g/mol. The van der Waals surface area contributed by atoms with Crippen LogP contribution in [0.3, 0.4) is 0 Å². The van der Waals surface area contributed by atoms with E-state index in [1.165, 1.54) is 0 Å². The van der Waals surface area contributed by atoms with Crippen molar-refractivity contribution in [2.24, 2.45) is 5.92 Å². The van der Waals surface area contributed by atoms with Gasteiger partial charge in [0.25, 0.3) is 5.91 Å². The molecule has 0 aliphatic carbocycles. The van der Waals surface area contributed by atoms with E-state index >= 15 is 0 Å². The summed E-state index contributed by atoms with van der Waals surface area (Å²) in [5.41, 5.74) is 1.12. The smallest absolute Gasteiger partial charge is 0.251 e. The molecule has 3 saturated heterocycles. The molecule has 27 heavy (non-hydrogen) atoms. The zero-order chi connectivity index (χ0) is 18.6. The molecule has 0 radical (unpaired) electrons. The van der Waals surface area contributed by atoms with Crippen molar-refractivity contribution in [3.8, 4) is 0 Å². The van der Waals surface area contributed by atoms with E-state index in [1.807, 2.05) is 22.1 Å². The van der Waals surface area contributed by atoms with Crippen LogP contribution in [0.15, 0.2) is 24.5 Å². The standard InChI is InChI=1S/C20H28N4O3/c25-19(24-12-10-22(11-13-24)17-3-1-7-21-15-17)16-5-8-23(9-6-16)20(26)18-4-2-14-27-18/h1,3,7,15-16,18H,2,4-6,8-14H2/t18-/m0/s1. The molecule has 1 atom stereocenters. The Kier molecular flexibility index (Phi) is 5.57. The first-order valence-corrected chi connectivity index (χ1v) is 10.1. The average Bonchev–Trinajstić information content (AvgIpc) is 3.28. The molecule has 3 aliphatic heterocycles. The van der Waals surface area contributed by atoms with Crippen LogP contribution in [0.2, 0.25) is 0 Å². The van der Waals surface area contributed by atoms with Gasteiger partial charge in [-0.2, -0.15) is 0 Å². The number of piperidine rings is 1. The number of pyridine rings is 1. The van der Waals surface area contributed by atoms with Gasteiger partial charge in [0.2, 0.25) is 5.91 Å². The quantitative estimate of drug-likeness (QED) is 0.796. The van der Waals surface area contributed by atoms with Crippen LogP contribution in [0.4, 0.5) is 5.69 Å². The third kappa shape index (κ3) is 4.08. The van der Waals surface area contributed by atoms with Crippen molar-refractivity contribution in [3.05, 3.63) is 24.5 Å². The molecule has 4 rings (SSSR count). The van der Waals surface area contributed by atoms with E-state index in [9.17, 15) is 9.59 Å². The fourth-order valence-electron chi connectivity index (χ4n) is 4.31. The summed E-state index contributed by atoms with van der Waals surface area (Å²) in [6.07, 6.45) is 6.73. The summed E-state index contributed by atoms with van der Waals surface area (Å²) >= 11 is 0. The molecule has 7 heteroatoms. The number of hydrogen-bond acceptors (Lipinski definition) is 5. The lowest BCUT2D eigenvalue weighted by atomic mass is 9.94. The highest BCUT2D eigenvalue weighted by molar-refractivity contribution is 5.82. The molecule has 3 aliphatic rings. The van der Waals surface area contributed by atoms with Crippen LogP contribution < -0.4 is 4.90 Å². The first-order chi connectivity index (χ1) is 13.2. The van der Waals surface area contributed by atoms with Crippen molar-refractivity contribution in [2.75, 3.05) is 50.8 Å². The van der Waals surface area contributed by atoms with Crippen molar-refractivity contribution in [3.63, 3.8) is 0 Å². The van der Waals surface area contributed by atoms with Crippen LogP contribution >= 0.6 is 0 Å². The minimum atomic E-state index is -0.252. The largest absolute Gasteiger partial charge is 0.368 e. The SMILES string of the molecule is O=C(C1CCN(C(=O)[C@@H]2CCCO2)CC1)N1CCN(c2cccnc2)CC1. The predicted molar refractivity (Wildman–Crippen MR) is 101 cm³/mol. The Balaban J connectivity index is 1.24. The number of nitrogens with zero attached hydrogens (tertiary/aromatic N) is 4. The summed E-state index contributed by atoms with van der Waals surface area (Å²) in [5.74, 6) is 0.414. The summed E-state index contributed by atoms with van der Waals surface area (Å²) in [4.78, 5) is 35.7. The van der Waals surface area contributed by atoms with Crippen molar-refractivity contribution < 1.29 is 14.3 Å². The highest BCUT2D eigenvalue weighted by Gasteiger charge is 2.34. The molecule has 1 aromatic heterocycles. The molecule has 0 spiro atoms. The Morgan fingerprint density at radius 2 is 1.70 bits per heavy atom.